The predicted octanol–water partition coefficient (Wildman–Crippen LogP) is 2.64. The molecule has 0 unspecified atom stereocenters. The van der Waals surface area contributed by atoms with Gasteiger partial charge in [0.2, 0.25) is 5.91 Å². The molecule has 134 valence electrons. The molecule has 1 spiro atoms. The Labute approximate surface area is 149 Å². The van der Waals surface area contributed by atoms with Gasteiger partial charge in [0.25, 0.3) is 5.91 Å². The molecule has 1 aliphatic carbocycles. The number of aryl methyl sites for hydroxylation is 1. The van der Waals surface area contributed by atoms with Crippen LogP contribution in [0, 0.1) is 18.3 Å². The van der Waals surface area contributed by atoms with Gasteiger partial charge in [-0.05, 0) is 62.5 Å². The summed E-state index contributed by atoms with van der Waals surface area (Å²) in [4.78, 5) is 33.2. The number of carbonyl (C=O) groups excluding carboxylic acids is 2. The van der Waals surface area contributed by atoms with Crippen molar-refractivity contribution in [1.82, 2.24) is 14.8 Å². The van der Waals surface area contributed by atoms with Crippen LogP contribution in [0.2, 0.25) is 0 Å². The normalized spacial score (nSPS) is 23.2. The second-order valence-electron chi connectivity index (χ2n) is 8.20. The van der Waals surface area contributed by atoms with Crippen LogP contribution in [-0.2, 0) is 4.79 Å². The number of pyridine rings is 1. The van der Waals surface area contributed by atoms with Crippen LogP contribution in [0.5, 0.6) is 0 Å². The third-order valence-electron chi connectivity index (χ3n) is 6.19. The average Bonchev–Trinajstić information content (AvgIpc) is 3.43. The van der Waals surface area contributed by atoms with E-state index in [-0.39, 0.29) is 11.3 Å². The van der Waals surface area contributed by atoms with Crippen molar-refractivity contribution in [3.63, 3.8) is 0 Å². The van der Waals surface area contributed by atoms with E-state index in [1.54, 1.807) is 6.20 Å². The van der Waals surface area contributed by atoms with E-state index < -0.39 is 0 Å². The molecule has 3 aliphatic rings. The standard InChI is InChI=1S/C20H27N3O2/c1-15-2-5-17(12-21-15)19(25)22-10-8-20(9-11-22)7-6-18(24)23(14-20)13-16-3-4-16/h2,5,12,16H,3-4,6-11,13-14H2,1H3. The average molecular weight is 341 g/mol. The summed E-state index contributed by atoms with van der Waals surface area (Å²) in [5.74, 6) is 1.17. The molecule has 0 atom stereocenters. The van der Waals surface area contributed by atoms with Crippen LogP contribution in [0.4, 0.5) is 0 Å². The fourth-order valence-electron chi connectivity index (χ4n) is 4.25. The lowest BCUT2D eigenvalue weighted by atomic mass is 9.72. The Kier molecular flexibility index (Phi) is 4.26. The minimum atomic E-state index is 0.0871. The van der Waals surface area contributed by atoms with E-state index >= 15 is 0 Å². The first-order valence-electron chi connectivity index (χ1n) is 9.54. The maximum absolute atomic E-state index is 12.7. The Bertz CT molecular complexity index is 658. The predicted molar refractivity (Wildman–Crippen MR) is 95.1 cm³/mol. The molecule has 3 heterocycles. The zero-order chi connectivity index (χ0) is 17.4. The summed E-state index contributed by atoms with van der Waals surface area (Å²) in [5, 5.41) is 0. The number of nitrogens with zero attached hydrogens (tertiary/aromatic N) is 3. The third-order valence-corrected chi connectivity index (χ3v) is 6.19. The minimum Gasteiger partial charge on any atom is -0.342 e. The van der Waals surface area contributed by atoms with Gasteiger partial charge in [-0.2, -0.15) is 0 Å². The van der Waals surface area contributed by atoms with E-state index in [0.717, 1.165) is 57.1 Å². The van der Waals surface area contributed by atoms with Gasteiger partial charge in [0.15, 0.2) is 0 Å². The Hall–Kier alpha value is -1.91. The minimum absolute atomic E-state index is 0.0871. The van der Waals surface area contributed by atoms with Crippen molar-refractivity contribution >= 4 is 11.8 Å². The van der Waals surface area contributed by atoms with Gasteiger partial charge in [0, 0.05) is 44.5 Å². The molecule has 5 nitrogen and oxygen atoms in total. The largest absolute Gasteiger partial charge is 0.342 e. The monoisotopic (exact) mass is 341 g/mol. The van der Waals surface area contributed by atoms with Crippen LogP contribution in [-0.4, -0.2) is 52.8 Å². The van der Waals surface area contributed by atoms with Gasteiger partial charge in [0.1, 0.15) is 0 Å². The number of aromatic nitrogens is 1. The molecule has 0 bridgehead atoms. The SMILES string of the molecule is Cc1ccc(C(=O)N2CCC3(CCC(=O)N(CC4CC4)C3)CC2)cn1. The highest BCUT2D eigenvalue weighted by Crippen LogP contribution is 2.42. The molecule has 1 aromatic heterocycles. The molecule has 25 heavy (non-hydrogen) atoms. The molecule has 1 saturated carbocycles. The number of carbonyl (C=O) groups is 2. The quantitative estimate of drug-likeness (QED) is 0.849. The highest BCUT2D eigenvalue weighted by molar-refractivity contribution is 5.94. The van der Waals surface area contributed by atoms with Gasteiger partial charge < -0.3 is 9.80 Å². The summed E-state index contributed by atoms with van der Waals surface area (Å²) in [6.45, 7) is 5.36. The van der Waals surface area contributed by atoms with Crippen molar-refractivity contribution in [2.75, 3.05) is 26.2 Å². The first kappa shape index (κ1) is 16.6. The van der Waals surface area contributed by atoms with Crippen LogP contribution in [0.25, 0.3) is 0 Å². The molecule has 1 aromatic rings. The lowest BCUT2D eigenvalue weighted by molar-refractivity contribution is -0.139. The fourth-order valence-corrected chi connectivity index (χ4v) is 4.25. The Morgan fingerprint density at radius 2 is 2.00 bits per heavy atom. The first-order valence-corrected chi connectivity index (χ1v) is 9.54. The second kappa shape index (κ2) is 6.43. The van der Waals surface area contributed by atoms with E-state index in [0.29, 0.717) is 17.9 Å². The summed E-state index contributed by atoms with van der Waals surface area (Å²) in [5.41, 5.74) is 1.83. The number of hydrogen-bond acceptors (Lipinski definition) is 3. The highest BCUT2D eigenvalue weighted by Gasteiger charge is 2.42. The summed E-state index contributed by atoms with van der Waals surface area (Å²) in [6, 6.07) is 3.76. The topological polar surface area (TPSA) is 53.5 Å². The first-order chi connectivity index (χ1) is 12.0. The molecule has 2 saturated heterocycles. The number of rotatable bonds is 3. The van der Waals surface area contributed by atoms with Crippen molar-refractivity contribution in [2.45, 2.75) is 45.4 Å². The van der Waals surface area contributed by atoms with Gasteiger partial charge >= 0.3 is 0 Å². The van der Waals surface area contributed by atoms with Gasteiger partial charge in [-0.15, -0.1) is 0 Å². The van der Waals surface area contributed by atoms with E-state index in [1.807, 2.05) is 24.0 Å². The summed E-state index contributed by atoms with van der Waals surface area (Å²) in [7, 11) is 0. The number of likely N-dealkylation sites (tertiary alicyclic amines) is 2. The maximum Gasteiger partial charge on any atom is 0.255 e. The fraction of sp³-hybridized carbons (Fsp3) is 0.650. The van der Waals surface area contributed by atoms with Crippen molar-refractivity contribution in [2.24, 2.45) is 11.3 Å². The van der Waals surface area contributed by atoms with Crippen molar-refractivity contribution in [1.29, 1.82) is 0 Å². The van der Waals surface area contributed by atoms with Gasteiger partial charge in [-0.1, -0.05) is 0 Å². The van der Waals surface area contributed by atoms with Gasteiger partial charge in [-0.25, -0.2) is 0 Å². The zero-order valence-electron chi connectivity index (χ0n) is 15.0. The van der Waals surface area contributed by atoms with Crippen LogP contribution >= 0.6 is 0 Å². The molecule has 0 N–H and O–H groups in total. The molecule has 4 rings (SSSR count). The van der Waals surface area contributed by atoms with Gasteiger partial charge in [-0.3, -0.25) is 14.6 Å². The molecule has 5 heteroatoms. The van der Waals surface area contributed by atoms with E-state index in [4.69, 9.17) is 0 Å². The molecule has 0 radical (unpaired) electrons. The van der Waals surface area contributed by atoms with Crippen LogP contribution in [0.15, 0.2) is 18.3 Å². The molecule has 0 aromatic carbocycles. The van der Waals surface area contributed by atoms with Crippen LogP contribution < -0.4 is 0 Å². The molecule has 3 fully saturated rings. The van der Waals surface area contributed by atoms with Crippen molar-refractivity contribution in [3.05, 3.63) is 29.6 Å². The lowest BCUT2D eigenvalue weighted by Gasteiger charge is -2.47. The Morgan fingerprint density at radius 3 is 2.64 bits per heavy atom. The molecular formula is C20H27N3O2. The van der Waals surface area contributed by atoms with Crippen LogP contribution in [0.3, 0.4) is 0 Å². The number of piperidine rings is 2. The molecule has 2 amide bonds. The van der Waals surface area contributed by atoms with E-state index in [9.17, 15) is 9.59 Å². The summed E-state index contributed by atoms with van der Waals surface area (Å²) < 4.78 is 0. The maximum atomic E-state index is 12.7. The molecule has 2 aliphatic heterocycles. The second-order valence-corrected chi connectivity index (χ2v) is 8.20. The number of hydrogen-bond donors (Lipinski definition) is 0. The lowest BCUT2D eigenvalue weighted by Crippen LogP contribution is -2.52. The summed E-state index contributed by atoms with van der Waals surface area (Å²) >= 11 is 0. The van der Waals surface area contributed by atoms with E-state index in [2.05, 4.69) is 9.88 Å². The summed E-state index contributed by atoms with van der Waals surface area (Å²) in [6.07, 6.45) is 7.93. The smallest absolute Gasteiger partial charge is 0.255 e. The van der Waals surface area contributed by atoms with Crippen molar-refractivity contribution in [3.8, 4) is 0 Å². The number of amides is 2. The van der Waals surface area contributed by atoms with Gasteiger partial charge in [0.05, 0.1) is 5.56 Å². The third kappa shape index (κ3) is 3.55. The van der Waals surface area contributed by atoms with Crippen molar-refractivity contribution < 1.29 is 9.59 Å². The van der Waals surface area contributed by atoms with E-state index in [1.165, 1.54) is 12.8 Å². The van der Waals surface area contributed by atoms with Crippen LogP contribution in [0.1, 0.15) is 54.6 Å². The molecular weight excluding hydrogens is 314 g/mol. The Morgan fingerprint density at radius 1 is 1.24 bits per heavy atom. The highest BCUT2D eigenvalue weighted by atomic mass is 16.2. The zero-order valence-corrected chi connectivity index (χ0v) is 15.0. The Balaban J connectivity index is 1.37.